The molecule has 44 heavy (non-hydrogen) atoms. The van der Waals surface area contributed by atoms with E-state index in [1.165, 1.54) is 74.5 Å². The maximum absolute atomic E-state index is 12.2. The predicted molar refractivity (Wildman–Crippen MR) is 175 cm³/mol. The number of hydrogen-bond acceptors (Lipinski definition) is 6. The first-order valence-corrected chi connectivity index (χ1v) is 16.4. The molecular weight excluding hydrogens is 554 g/mol. The minimum atomic E-state index is -0.430. The zero-order chi connectivity index (χ0) is 31.2. The van der Waals surface area contributed by atoms with Crippen molar-refractivity contribution in [3.63, 3.8) is 0 Å². The van der Waals surface area contributed by atoms with Gasteiger partial charge in [-0.25, -0.2) is 4.79 Å². The van der Waals surface area contributed by atoms with Crippen LogP contribution in [0.3, 0.4) is 0 Å². The number of amides is 2. The van der Waals surface area contributed by atoms with Crippen LogP contribution in [0.1, 0.15) is 102 Å². The summed E-state index contributed by atoms with van der Waals surface area (Å²) in [6.45, 7) is 4.13. The lowest BCUT2D eigenvalue weighted by Crippen LogP contribution is -2.30. The largest absolute Gasteiger partial charge is 0.494 e. The first kappa shape index (κ1) is 34.6. The molecule has 7 nitrogen and oxygen atoms in total. The van der Waals surface area contributed by atoms with Gasteiger partial charge >= 0.3 is 5.97 Å². The van der Waals surface area contributed by atoms with Crippen LogP contribution in [0, 0.1) is 0 Å². The van der Waals surface area contributed by atoms with Crippen molar-refractivity contribution in [3.05, 3.63) is 72.3 Å². The molecule has 2 amide bonds. The van der Waals surface area contributed by atoms with Crippen molar-refractivity contribution in [1.82, 2.24) is 4.90 Å². The molecule has 0 aliphatic carbocycles. The van der Waals surface area contributed by atoms with Crippen molar-refractivity contribution in [2.45, 2.75) is 96.8 Å². The van der Waals surface area contributed by atoms with Crippen molar-refractivity contribution in [2.75, 3.05) is 19.8 Å². The highest BCUT2D eigenvalue weighted by Crippen LogP contribution is 2.19. The Morgan fingerprint density at radius 2 is 1.07 bits per heavy atom. The van der Waals surface area contributed by atoms with Gasteiger partial charge in [0.15, 0.2) is 0 Å². The highest BCUT2D eigenvalue weighted by Gasteiger charge is 2.22. The fourth-order valence-corrected chi connectivity index (χ4v) is 4.94. The number of benzene rings is 2. The third-order valence-corrected chi connectivity index (χ3v) is 7.55. The van der Waals surface area contributed by atoms with Gasteiger partial charge in [-0.15, -0.1) is 0 Å². The Kier molecular flexibility index (Phi) is 16.5. The predicted octanol–water partition coefficient (Wildman–Crippen LogP) is 8.47. The van der Waals surface area contributed by atoms with E-state index in [0.717, 1.165) is 55.6 Å². The van der Waals surface area contributed by atoms with E-state index in [2.05, 4.69) is 6.92 Å². The summed E-state index contributed by atoms with van der Waals surface area (Å²) in [5, 5.41) is 0. The Hall–Kier alpha value is -3.87. The molecule has 2 aromatic rings. The molecule has 0 bridgehead atoms. The second kappa shape index (κ2) is 20.9. The molecule has 0 spiro atoms. The van der Waals surface area contributed by atoms with Gasteiger partial charge in [0.1, 0.15) is 17.2 Å². The number of ether oxygens (including phenoxy) is 3. The van der Waals surface area contributed by atoms with Crippen LogP contribution in [-0.2, 0) is 14.4 Å². The number of carbonyl (C=O) groups is 3. The molecule has 0 unspecified atom stereocenters. The number of hydrogen-bond donors (Lipinski definition) is 0. The molecule has 7 heteroatoms. The maximum atomic E-state index is 12.2. The van der Waals surface area contributed by atoms with Crippen molar-refractivity contribution in [2.24, 2.45) is 0 Å². The Balaban J connectivity index is 1.18. The normalized spacial score (nSPS) is 12.8. The number of esters is 1. The average Bonchev–Trinajstić information content (AvgIpc) is 3.36. The van der Waals surface area contributed by atoms with Crippen LogP contribution in [0.4, 0.5) is 0 Å². The zero-order valence-corrected chi connectivity index (χ0v) is 26.3. The molecule has 0 N–H and O–H groups in total. The SMILES string of the molecule is CCCCCCCOc1ccc(OC(=O)C=Cc2ccc(OCCCCCCCCCCCN3C(=O)C=CC3=O)cc2)cc1. The molecule has 0 aromatic heterocycles. The van der Waals surface area contributed by atoms with Crippen LogP contribution in [-0.4, -0.2) is 42.4 Å². The Labute approximate surface area is 263 Å². The molecule has 1 heterocycles. The summed E-state index contributed by atoms with van der Waals surface area (Å²) in [7, 11) is 0. The molecule has 0 saturated carbocycles. The summed E-state index contributed by atoms with van der Waals surface area (Å²) < 4.78 is 17.0. The number of nitrogens with zero attached hydrogens (tertiary/aromatic N) is 1. The number of rotatable bonds is 23. The van der Waals surface area contributed by atoms with Gasteiger partial charge in [-0.3, -0.25) is 14.5 Å². The second-order valence-corrected chi connectivity index (χ2v) is 11.2. The van der Waals surface area contributed by atoms with Gasteiger partial charge in [-0.05, 0) is 67.3 Å². The van der Waals surface area contributed by atoms with Gasteiger partial charge in [-0.2, -0.15) is 0 Å². The standard InChI is InChI=1S/C37H49NO6/c1-2-3-4-11-14-29-43-33-21-23-34(24-22-33)44-37(41)27-18-31-16-19-32(20-17-31)42-30-15-12-9-7-5-6-8-10-13-28-38-35(39)25-26-36(38)40/h16-27H,2-15,28-30H2,1H3. The topological polar surface area (TPSA) is 82.1 Å². The maximum Gasteiger partial charge on any atom is 0.336 e. The van der Waals surface area contributed by atoms with Gasteiger partial charge in [0.25, 0.3) is 11.8 Å². The number of carbonyl (C=O) groups excluding carboxylic acids is 3. The number of imide groups is 1. The lowest BCUT2D eigenvalue weighted by molar-refractivity contribution is -0.137. The van der Waals surface area contributed by atoms with E-state index >= 15 is 0 Å². The van der Waals surface area contributed by atoms with Crippen molar-refractivity contribution in [3.8, 4) is 17.2 Å². The van der Waals surface area contributed by atoms with Crippen LogP contribution < -0.4 is 14.2 Å². The quantitative estimate of drug-likeness (QED) is 0.0417. The van der Waals surface area contributed by atoms with Gasteiger partial charge in [0.05, 0.1) is 13.2 Å². The molecule has 0 fully saturated rings. The summed E-state index contributed by atoms with van der Waals surface area (Å²) in [5.74, 6) is 1.29. The molecule has 1 aliphatic rings. The van der Waals surface area contributed by atoms with Gasteiger partial charge in [-0.1, -0.05) is 89.7 Å². The minimum absolute atomic E-state index is 0.185. The molecule has 238 valence electrons. The van der Waals surface area contributed by atoms with E-state index in [1.807, 2.05) is 36.4 Å². The van der Waals surface area contributed by atoms with Gasteiger partial charge in [0.2, 0.25) is 0 Å². The van der Waals surface area contributed by atoms with E-state index in [1.54, 1.807) is 18.2 Å². The third kappa shape index (κ3) is 14.1. The van der Waals surface area contributed by atoms with Gasteiger partial charge in [0, 0.05) is 24.8 Å². The van der Waals surface area contributed by atoms with Crippen molar-refractivity contribution in [1.29, 1.82) is 0 Å². The van der Waals surface area contributed by atoms with E-state index in [-0.39, 0.29) is 11.8 Å². The molecular formula is C37H49NO6. The smallest absolute Gasteiger partial charge is 0.336 e. The molecule has 0 radical (unpaired) electrons. The zero-order valence-electron chi connectivity index (χ0n) is 26.3. The Morgan fingerprint density at radius 1 is 0.614 bits per heavy atom. The summed E-state index contributed by atoms with van der Waals surface area (Å²) in [5.41, 5.74) is 0.895. The monoisotopic (exact) mass is 603 g/mol. The fourth-order valence-electron chi connectivity index (χ4n) is 4.94. The second-order valence-electron chi connectivity index (χ2n) is 11.2. The third-order valence-electron chi connectivity index (χ3n) is 7.55. The van der Waals surface area contributed by atoms with Crippen LogP contribution in [0.2, 0.25) is 0 Å². The Morgan fingerprint density at radius 3 is 1.61 bits per heavy atom. The van der Waals surface area contributed by atoms with E-state index in [0.29, 0.717) is 25.5 Å². The minimum Gasteiger partial charge on any atom is -0.494 e. The van der Waals surface area contributed by atoms with Crippen LogP contribution in [0.5, 0.6) is 17.2 Å². The molecule has 0 saturated heterocycles. The fraction of sp³-hybridized carbons (Fsp3) is 0.486. The number of unbranched alkanes of at least 4 members (excludes halogenated alkanes) is 12. The first-order chi connectivity index (χ1) is 21.5. The van der Waals surface area contributed by atoms with E-state index < -0.39 is 5.97 Å². The summed E-state index contributed by atoms with van der Waals surface area (Å²) in [4.78, 5) is 36.6. The lowest BCUT2D eigenvalue weighted by atomic mass is 10.1. The lowest BCUT2D eigenvalue weighted by Gasteiger charge is -2.13. The molecule has 3 rings (SSSR count). The highest BCUT2D eigenvalue weighted by atomic mass is 16.5. The Bertz CT molecular complexity index is 1170. The van der Waals surface area contributed by atoms with Gasteiger partial charge < -0.3 is 14.2 Å². The van der Waals surface area contributed by atoms with Crippen molar-refractivity contribution >= 4 is 23.9 Å². The summed E-state index contributed by atoms with van der Waals surface area (Å²) in [6, 6.07) is 14.8. The molecule has 2 aromatic carbocycles. The summed E-state index contributed by atoms with van der Waals surface area (Å²) >= 11 is 0. The van der Waals surface area contributed by atoms with E-state index in [9.17, 15) is 14.4 Å². The first-order valence-electron chi connectivity index (χ1n) is 16.4. The van der Waals surface area contributed by atoms with Crippen LogP contribution in [0.25, 0.3) is 6.08 Å². The average molecular weight is 604 g/mol. The molecule has 0 atom stereocenters. The van der Waals surface area contributed by atoms with E-state index in [4.69, 9.17) is 14.2 Å². The highest BCUT2D eigenvalue weighted by molar-refractivity contribution is 6.12. The van der Waals surface area contributed by atoms with Crippen LogP contribution in [0.15, 0.2) is 66.8 Å². The molecule has 1 aliphatic heterocycles. The van der Waals surface area contributed by atoms with Crippen molar-refractivity contribution < 1.29 is 28.6 Å². The summed E-state index contributed by atoms with van der Waals surface area (Å²) in [6.07, 6.45) is 21.9. The van der Waals surface area contributed by atoms with Crippen LogP contribution >= 0.6 is 0 Å².